The number of rotatable bonds is 3. The van der Waals surface area contributed by atoms with Crippen molar-refractivity contribution in [3.8, 4) is 0 Å². The van der Waals surface area contributed by atoms with Gasteiger partial charge in [0.05, 0.1) is 17.7 Å². The summed E-state index contributed by atoms with van der Waals surface area (Å²) in [7, 11) is 0. The molecular weight excluding hydrogens is 232 g/mol. The maximum atomic E-state index is 10.8. The van der Waals surface area contributed by atoms with E-state index >= 15 is 0 Å². The number of carbonyl (C=O) groups is 1. The third-order valence-electron chi connectivity index (χ3n) is 2.33. The molecule has 1 aliphatic rings. The van der Waals surface area contributed by atoms with Crippen molar-refractivity contribution in [1.29, 1.82) is 0 Å². The molecule has 0 aliphatic carbocycles. The minimum atomic E-state index is -1.13. The zero-order valence-corrected chi connectivity index (χ0v) is 9.20. The van der Waals surface area contributed by atoms with Crippen LogP contribution in [0.2, 0.25) is 5.02 Å². The van der Waals surface area contributed by atoms with E-state index in [-0.39, 0.29) is 16.8 Å². The summed E-state index contributed by atoms with van der Waals surface area (Å²) in [4.78, 5) is 14.7. The number of carboxylic acids is 1. The van der Waals surface area contributed by atoms with E-state index in [1.54, 1.807) is 6.07 Å². The number of ether oxygens (including phenoxy) is 1. The van der Waals surface area contributed by atoms with E-state index in [0.717, 1.165) is 13.0 Å². The Morgan fingerprint density at radius 3 is 3.06 bits per heavy atom. The van der Waals surface area contributed by atoms with Crippen LogP contribution in [0.4, 0.5) is 5.82 Å². The van der Waals surface area contributed by atoms with Crippen LogP contribution in [0.15, 0.2) is 12.1 Å². The Labute approximate surface area is 97.4 Å². The predicted molar refractivity (Wildman–Crippen MR) is 59.1 cm³/mol. The highest BCUT2D eigenvalue weighted by Gasteiger charge is 2.17. The van der Waals surface area contributed by atoms with Gasteiger partial charge in [-0.05, 0) is 18.6 Å². The van der Waals surface area contributed by atoms with E-state index in [0.29, 0.717) is 12.4 Å². The van der Waals surface area contributed by atoms with E-state index in [2.05, 4.69) is 10.3 Å². The van der Waals surface area contributed by atoms with Crippen LogP contribution in [-0.2, 0) is 4.74 Å². The molecule has 0 saturated carbocycles. The Bertz CT molecular complexity index is 405. The molecule has 1 aromatic heterocycles. The highest BCUT2D eigenvalue weighted by molar-refractivity contribution is 6.33. The number of halogens is 1. The lowest BCUT2D eigenvalue weighted by molar-refractivity contribution is 0.0691. The van der Waals surface area contributed by atoms with Gasteiger partial charge >= 0.3 is 5.97 Å². The number of hydrogen-bond donors (Lipinski definition) is 2. The number of aromatic carboxylic acids is 1. The molecule has 1 atom stereocenters. The SMILES string of the molecule is O=C(O)c1nc(NC2CCOC2)ccc1Cl. The van der Waals surface area contributed by atoms with Crippen LogP contribution in [0.5, 0.6) is 0 Å². The van der Waals surface area contributed by atoms with Gasteiger partial charge in [0.25, 0.3) is 0 Å². The van der Waals surface area contributed by atoms with Gasteiger partial charge in [-0.25, -0.2) is 9.78 Å². The summed E-state index contributed by atoms with van der Waals surface area (Å²) in [6.45, 7) is 1.34. The molecule has 2 rings (SSSR count). The van der Waals surface area contributed by atoms with Gasteiger partial charge in [-0.2, -0.15) is 0 Å². The molecule has 0 amide bonds. The van der Waals surface area contributed by atoms with Gasteiger partial charge in [-0.1, -0.05) is 11.6 Å². The normalized spacial score (nSPS) is 19.7. The van der Waals surface area contributed by atoms with Crippen LogP contribution < -0.4 is 5.32 Å². The first-order valence-electron chi connectivity index (χ1n) is 4.91. The summed E-state index contributed by atoms with van der Waals surface area (Å²) in [5.74, 6) is -0.617. The summed E-state index contributed by atoms with van der Waals surface area (Å²) < 4.78 is 5.20. The smallest absolute Gasteiger partial charge is 0.356 e. The van der Waals surface area contributed by atoms with E-state index in [1.165, 1.54) is 6.07 Å². The van der Waals surface area contributed by atoms with Gasteiger partial charge in [0.1, 0.15) is 5.82 Å². The summed E-state index contributed by atoms with van der Waals surface area (Å²) in [5, 5.41) is 12.1. The third kappa shape index (κ3) is 2.43. The first kappa shape index (κ1) is 11.2. The number of nitrogens with zero attached hydrogens (tertiary/aromatic N) is 1. The van der Waals surface area contributed by atoms with Crippen LogP contribution in [-0.4, -0.2) is 35.3 Å². The van der Waals surface area contributed by atoms with Gasteiger partial charge < -0.3 is 15.2 Å². The number of pyridine rings is 1. The van der Waals surface area contributed by atoms with E-state index in [4.69, 9.17) is 21.4 Å². The second-order valence-electron chi connectivity index (χ2n) is 3.54. The number of carboxylic acid groups (broad SMARTS) is 1. The third-order valence-corrected chi connectivity index (χ3v) is 2.64. The van der Waals surface area contributed by atoms with Crippen LogP contribution >= 0.6 is 11.6 Å². The Kier molecular flexibility index (Phi) is 3.26. The molecule has 1 fully saturated rings. The maximum absolute atomic E-state index is 10.8. The molecule has 86 valence electrons. The number of nitrogens with one attached hydrogen (secondary N) is 1. The Morgan fingerprint density at radius 2 is 2.44 bits per heavy atom. The van der Waals surface area contributed by atoms with Crippen molar-refractivity contribution in [2.24, 2.45) is 0 Å². The van der Waals surface area contributed by atoms with Crippen LogP contribution in [0, 0.1) is 0 Å². The largest absolute Gasteiger partial charge is 0.476 e. The molecule has 1 saturated heterocycles. The fraction of sp³-hybridized carbons (Fsp3) is 0.400. The average molecular weight is 243 g/mol. The summed E-state index contributed by atoms with van der Waals surface area (Å²) in [6.07, 6.45) is 0.896. The monoisotopic (exact) mass is 242 g/mol. The molecule has 1 unspecified atom stereocenters. The second kappa shape index (κ2) is 4.67. The van der Waals surface area contributed by atoms with Crippen molar-refractivity contribution in [2.45, 2.75) is 12.5 Å². The zero-order valence-electron chi connectivity index (χ0n) is 8.44. The van der Waals surface area contributed by atoms with Crippen molar-refractivity contribution in [3.05, 3.63) is 22.8 Å². The Morgan fingerprint density at radius 1 is 1.62 bits per heavy atom. The molecule has 2 N–H and O–H groups in total. The molecule has 0 bridgehead atoms. The molecule has 6 heteroatoms. The zero-order chi connectivity index (χ0) is 11.5. The van der Waals surface area contributed by atoms with Crippen molar-refractivity contribution in [1.82, 2.24) is 4.98 Å². The van der Waals surface area contributed by atoms with Gasteiger partial charge in [0.2, 0.25) is 0 Å². The molecule has 1 aromatic rings. The van der Waals surface area contributed by atoms with Gasteiger partial charge in [0, 0.05) is 6.61 Å². The molecule has 16 heavy (non-hydrogen) atoms. The summed E-state index contributed by atoms with van der Waals surface area (Å²) >= 11 is 5.71. The molecular formula is C10H11ClN2O3. The molecule has 0 aromatic carbocycles. The standard InChI is InChI=1S/C10H11ClN2O3/c11-7-1-2-8(13-9(7)10(14)15)12-6-3-4-16-5-6/h1-2,6H,3-5H2,(H,12,13)(H,14,15). The van der Waals surface area contributed by atoms with Crippen molar-refractivity contribution >= 4 is 23.4 Å². The van der Waals surface area contributed by atoms with Crippen LogP contribution in [0.3, 0.4) is 0 Å². The topological polar surface area (TPSA) is 71.5 Å². The van der Waals surface area contributed by atoms with Crippen LogP contribution in [0.1, 0.15) is 16.9 Å². The van der Waals surface area contributed by atoms with Gasteiger partial charge in [0.15, 0.2) is 5.69 Å². The van der Waals surface area contributed by atoms with Crippen molar-refractivity contribution in [2.75, 3.05) is 18.5 Å². The highest BCUT2D eigenvalue weighted by Crippen LogP contribution is 2.18. The molecule has 5 nitrogen and oxygen atoms in total. The fourth-order valence-electron chi connectivity index (χ4n) is 1.53. The second-order valence-corrected chi connectivity index (χ2v) is 3.94. The highest BCUT2D eigenvalue weighted by atomic mass is 35.5. The van der Waals surface area contributed by atoms with Gasteiger partial charge in [-0.3, -0.25) is 0 Å². The van der Waals surface area contributed by atoms with Crippen molar-refractivity contribution in [3.63, 3.8) is 0 Å². The minimum absolute atomic E-state index is 0.134. The minimum Gasteiger partial charge on any atom is -0.476 e. The molecule has 2 heterocycles. The molecule has 0 spiro atoms. The Balaban J connectivity index is 2.15. The number of hydrogen-bond acceptors (Lipinski definition) is 4. The lowest BCUT2D eigenvalue weighted by Crippen LogP contribution is -2.20. The number of anilines is 1. The Hall–Kier alpha value is -1.33. The summed E-state index contributed by atoms with van der Waals surface area (Å²) in [5.41, 5.74) is -0.134. The fourth-order valence-corrected chi connectivity index (χ4v) is 1.72. The van der Waals surface area contributed by atoms with Gasteiger partial charge in [-0.15, -0.1) is 0 Å². The van der Waals surface area contributed by atoms with E-state index < -0.39 is 5.97 Å². The van der Waals surface area contributed by atoms with E-state index in [1.807, 2.05) is 0 Å². The predicted octanol–water partition coefficient (Wildman–Crippen LogP) is 1.63. The quantitative estimate of drug-likeness (QED) is 0.843. The lowest BCUT2D eigenvalue weighted by Gasteiger charge is -2.11. The summed E-state index contributed by atoms with van der Waals surface area (Å²) in [6, 6.07) is 3.37. The maximum Gasteiger partial charge on any atom is 0.356 e. The average Bonchev–Trinajstić information content (AvgIpc) is 2.73. The van der Waals surface area contributed by atoms with Crippen molar-refractivity contribution < 1.29 is 14.6 Å². The van der Waals surface area contributed by atoms with E-state index in [9.17, 15) is 4.79 Å². The van der Waals surface area contributed by atoms with Crippen LogP contribution in [0.25, 0.3) is 0 Å². The molecule has 1 aliphatic heterocycles. The lowest BCUT2D eigenvalue weighted by atomic mass is 10.2. The first-order chi connectivity index (χ1) is 7.66. The first-order valence-corrected chi connectivity index (χ1v) is 5.29. The molecule has 0 radical (unpaired) electrons. The number of aromatic nitrogens is 1.